The third-order valence-corrected chi connectivity index (χ3v) is 2.50. The van der Waals surface area contributed by atoms with Crippen molar-refractivity contribution in [1.29, 1.82) is 0 Å². The molecule has 0 saturated heterocycles. The van der Waals surface area contributed by atoms with Gasteiger partial charge in [-0.25, -0.2) is 5.10 Å². The smallest absolute Gasteiger partial charge is 0.229 e. The zero-order chi connectivity index (χ0) is 10.6. The van der Waals surface area contributed by atoms with Crippen molar-refractivity contribution in [2.45, 2.75) is 25.4 Å². The van der Waals surface area contributed by atoms with Gasteiger partial charge in [0.25, 0.3) is 0 Å². The van der Waals surface area contributed by atoms with Gasteiger partial charge in [-0.15, -0.1) is 5.10 Å². The molecule has 0 radical (unpaired) electrons. The summed E-state index contributed by atoms with van der Waals surface area (Å²) in [6.07, 6.45) is 2.69. The van der Waals surface area contributed by atoms with Crippen LogP contribution in [0.5, 0.6) is 0 Å². The first-order valence-electron chi connectivity index (χ1n) is 4.44. The molecule has 0 aromatic carbocycles. The molecule has 1 aromatic rings. The van der Waals surface area contributed by atoms with Crippen LogP contribution in [0.4, 0.5) is 5.95 Å². The third kappa shape index (κ3) is 2.73. The summed E-state index contributed by atoms with van der Waals surface area (Å²) in [6.45, 7) is 3.85. The zero-order valence-electron chi connectivity index (χ0n) is 8.50. The van der Waals surface area contributed by atoms with E-state index in [4.69, 9.17) is 0 Å². The van der Waals surface area contributed by atoms with Gasteiger partial charge in [-0.05, 0) is 12.7 Å². The first kappa shape index (κ1) is 11.0. The van der Waals surface area contributed by atoms with Crippen molar-refractivity contribution in [1.82, 2.24) is 15.2 Å². The average molecular weight is 214 g/mol. The van der Waals surface area contributed by atoms with Crippen molar-refractivity contribution in [2.75, 3.05) is 11.6 Å². The minimum absolute atomic E-state index is 0.00201. The molecule has 1 amide bonds. The molecule has 0 bridgehead atoms. The van der Waals surface area contributed by atoms with Gasteiger partial charge in [-0.1, -0.05) is 25.6 Å². The van der Waals surface area contributed by atoms with E-state index in [1.165, 1.54) is 11.8 Å². The third-order valence-electron chi connectivity index (χ3n) is 1.95. The van der Waals surface area contributed by atoms with Crippen molar-refractivity contribution in [3.63, 3.8) is 0 Å². The molecule has 0 saturated carbocycles. The zero-order valence-corrected chi connectivity index (χ0v) is 9.31. The van der Waals surface area contributed by atoms with E-state index in [0.717, 1.165) is 6.42 Å². The first-order chi connectivity index (χ1) is 6.67. The fraction of sp³-hybridized carbons (Fsp3) is 0.625. The number of carbonyl (C=O) groups excluding carboxylic acids is 1. The number of amides is 1. The second-order valence-corrected chi connectivity index (χ2v) is 3.74. The lowest BCUT2D eigenvalue weighted by Gasteiger charge is -2.06. The van der Waals surface area contributed by atoms with Gasteiger partial charge in [0, 0.05) is 5.92 Å². The Morgan fingerprint density at radius 1 is 1.71 bits per heavy atom. The predicted octanol–water partition coefficient (Wildman–Crippen LogP) is 1.51. The van der Waals surface area contributed by atoms with Crippen molar-refractivity contribution in [3.8, 4) is 0 Å². The summed E-state index contributed by atoms with van der Waals surface area (Å²) in [5.41, 5.74) is 0. The number of rotatable bonds is 4. The second kappa shape index (κ2) is 4.99. The number of thioether (sulfide) groups is 1. The molecule has 1 atom stereocenters. The highest BCUT2D eigenvalue weighted by atomic mass is 32.2. The van der Waals surface area contributed by atoms with Gasteiger partial charge in [-0.2, -0.15) is 4.98 Å². The molecule has 0 fully saturated rings. The molecule has 14 heavy (non-hydrogen) atoms. The van der Waals surface area contributed by atoms with Crippen molar-refractivity contribution >= 4 is 23.6 Å². The summed E-state index contributed by atoms with van der Waals surface area (Å²) in [5, 5.41) is 9.83. The van der Waals surface area contributed by atoms with E-state index in [0.29, 0.717) is 11.1 Å². The summed E-state index contributed by atoms with van der Waals surface area (Å²) in [6, 6.07) is 0. The maximum atomic E-state index is 11.4. The molecule has 1 rings (SSSR count). The summed E-state index contributed by atoms with van der Waals surface area (Å²) >= 11 is 1.43. The number of hydrogen-bond donors (Lipinski definition) is 2. The lowest BCUT2D eigenvalue weighted by atomic mass is 10.1. The number of aromatic nitrogens is 3. The topological polar surface area (TPSA) is 70.7 Å². The van der Waals surface area contributed by atoms with Gasteiger partial charge in [-0.3, -0.25) is 10.1 Å². The Labute approximate surface area is 87.1 Å². The normalized spacial score (nSPS) is 12.5. The number of carbonyl (C=O) groups is 1. The van der Waals surface area contributed by atoms with Crippen LogP contribution in [-0.4, -0.2) is 27.3 Å². The molecule has 0 spiro atoms. The lowest BCUT2D eigenvalue weighted by molar-refractivity contribution is -0.119. The van der Waals surface area contributed by atoms with Crippen molar-refractivity contribution < 1.29 is 4.79 Å². The monoisotopic (exact) mass is 214 g/mol. The molecular formula is C8H14N4OS. The van der Waals surface area contributed by atoms with E-state index in [-0.39, 0.29) is 11.8 Å². The molecule has 0 aliphatic rings. The number of H-pyrrole nitrogens is 1. The van der Waals surface area contributed by atoms with Crippen LogP contribution in [0.25, 0.3) is 0 Å². The number of hydrogen-bond acceptors (Lipinski definition) is 4. The van der Waals surface area contributed by atoms with E-state index in [1.807, 2.05) is 20.1 Å². The molecular weight excluding hydrogens is 200 g/mol. The predicted molar refractivity (Wildman–Crippen MR) is 56.2 cm³/mol. The molecule has 0 aliphatic heterocycles. The Kier molecular flexibility index (Phi) is 3.94. The summed E-state index contributed by atoms with van der Waals surface area (Å²) < 4.78 is 0. The fourth-order valence-corrected chi connectivity index (χ4v) is 1.14. The van der Waals surface area contributed by atoms with Crippen LogP contribution in [0.15, 0.2) is 5.16 Å². The summed E-state index contributed by atoms with van der Waals surface area (Å²) in [4.78, 5) is 15.5. The lowest BCUT2D eigenvalue weighted by Crippen LogP contribution is -2.20. The Hall–Kier alpha value is -1.04. The van der Waals surface area contributed by atoms with Crippen LogP contribution in [0.2, 0.25) is 0 Å². The van der Waals surface area contributed by atoms with Crippen molar-refractivity contribution in [2.24, 2.45) is 5.92 Å². The Balaban J connectivity index is 2.56. The summed E-state index contributed by atoms with van der Waals surface area (Å²) in [7, 11) is 0. The highest BCUT2D eigenvalue weighted by molar-refractivity contribution is 7.98. The van der Waals surface area contributed by atoms with Crippen molar-refractivity contribution in [3.05, 3.63) is 0 Å². The van der Waals surface area contributed by atoms with Gasteiger partial charge in [0.05, 0.1) is 0 Å². The quantitative estimate of drug-likeness (QED) is 0.745. The molecule has 1 heterocycles. The van der Waals surface area contributed by atoms with E-state index in [9.17, 15) is 4.79 Å². The maximum Gasteiger partial charge on any atom is 0.229 e. The molecule has 78 valence electrons. The number of anilines is 1. The van der Waals surface area contributed by atoms with E-state index < -0.39 is 0 Å². The molecule has 0 aliphatic carbocycles. The minimum atomic E-state index is -0.0312. The largest absolute Gasteiger partial charge is 0.295 e. The highest BCUT2D eigenvalue weighted by Gasteiger charge is 2.12. The van der Waals surface area contributed by atoms with Gasteiger partial charge in [0.2, 0.25) is 17.0 Å². The van der Waals surface area contributed by atoms with Gasteiger partial charge in [0.15, 0.2) is 0 Å². The van der Waals surface area contributed by atoms with Crippen LogP contribution in [0.1, 0.15) is 20.3 Å². The van der Waals surface area contributed by atoms with Crippen LogP contribution in [-0.2, 0) is 4.79 Å². The molecule has 2 N–H and O–H groups in total. The maximum absolute atomic E-state index is 11.4. The number of aromatic amines is 1. The highest BCUT2D eigenvalue weighted by Crippen LogP contribution is 2.10. The van der Waals surface area contributed by atoms with E-state index in [1.54, 1.807) is 0 Å². The summed E-state index contributed by atoms with van der Waals surface area (Å²) in [5.74, 6) is 0.383. The van der Waals surface area contributed by atoms with E-state index in [2.05, 4.69) is 20.5 Å². The van der Waals surface area contributed by atoms with E-state index >= 15 is 0 Å². The Bertz CT molecular complexity index is 312. The van der Waals surface area contributed by atoms with Crippen LogP contribution in [0, 0.1) is 5.92 Å². The first-order valence-corrected chi connectivity index (χ1v) is 5.67. The van der Waals surface area contributed by atoms with Crippen LogP contribution < -0.4 is 5.32 Å². The molecule has 1 aromatic heterocycles. The fourth-order valence-electron chi connectivity index (χ4n) is 0.819. The standard InChI is InChI=1S/C8H14N4OS/c1-4-5(2)6(13)9-7-10-8(14-3)12-11-7/h5H,4H2,1-3H3,(H2,9,10,11,12,13). The van der Waals surface area contributed by atoms with Gasteiger partial charge < -0.3 is 0 Å². The molecule has 6 heteroatoms. The molecule has 1 unspecified atom stereocenters. The van der Waals surface area contributed by atoms with Crippen LogP contribution >= 0.6 is 11.8 Å². The second-order valence-electron chi connectivity index (χ2n) is 2.97. The Morgan fingerprint density at radius 3 is 2.93 bits per heavy atom. The van der Waals surface area contributed by atoms with Gasteiger partial charge >= 0.3 is 0 Å². The van der Waals surface area contributed by atoms with Gasteiger partial charge in [0.1, 0.15) is 0 Å². The number of nitrogens with zero attached hydrogens (tertiary/aromatic N) is 2. The number of nitrogens with one attached hydrogen (secondary N) is 2. The minimum Gasteiger partial charge on any atom is -0.295 e. The SMILES string of the molecule is CCC(C)C(=O)Nc1nc(SC)n[nH]1. The van der Waals surface area contributed by atoms with Crippen LogP contribution in [0.3, 0.4) is 0 Å². The Morgan fingerprint density at radius 2 is 2.43 bits per heavy atom. The molecule has 5 nitrogen and oxygen atoms in total. The average Bonchev–Trinajstić information content (AvgIpc) is 2.64.